The van der Waals surface area contributed by atoms with E-state index < -0.39 is 5.60 Å². The zero-order chi connectivity index (χ0) is 12.3. The molecule has 88 valence electrons. The summed E-state index contributed by atoms with van der Waals surface area (Å²) in [4.78, 5) is 11.9. The Balaban J connectivity index is 2.04. The van der Waals surface area contributed by atoms with Gasteiger partial charge in [-0.25, -0.2) is 0 Å². The maximum Gasteiger partial charge on any atom is 0.314 e. The molecule has 0 bridgehead atoms. The van der Waals surface area contributed by atoms with Gasteiger partial charge in [-0.3, -0.25) is 4.79 Å². The molecule has 17 heavy (non-hydrogen) atoms. The second-order valence-corrected chi connectivity index (χ2v) is 4.51. The molecule has 0 heterocycles. The standard InChI is InChI=1S/C14H15NO2/c1-11(12-6-3-2-4-7-12)13(16)17-14(10-15)8-5-9-14/h2-4,6-7,11H,5,8-9H2,1H3. The molecule has 0 spiro atoms. The number of benzene rings is 1. The highest BCUT2D eigenvalue weighted by atomic mass is 16.6. The van der Waals surface area contributed by atoms with Crippen molar-refractivity contribution in [2.45, 2.75) is 37.7 Å². The largest absolute Gasteiger partial charge is 0.443 e. The maximum absolute atomic E-state index is 11.9. The summed E-state index contributed by atoms with van der Waals surface area (Å²) < 4.78 is 5.34. The highest BCUT2D eigenvalue weighted by molar-refractivity contribution is 5.78. The van der Waals surface area contributed by atoms with Crippen LogP contribution in [0.25, 0.3) is 0 Å². The van der Waals surface area contributed by atoms with Gasteiger partial charge in [0.25, 0.3) is 0 Å². The quantitative estimate of drug-likeness (QED) is 0.749. The van der Waals surface area contributed by atoms with E-state index in [1.54, 1.807) is 6.92 Å². The molecule has 0 aliphatic heterocycles. The van der Waals surface area contributed by atoms with Crippen LogP contribution in [0.5, 0.6) is 0 Å². The van der Waals surface area contributed by atoms with E-state index in [9.17, 15) is 4.79 Å². The van der Waals surface area contributed by atoms with Crippen LogP contribution >= 0.6 is 0 Å². The molecule has 2 rings (SSSR count). The van der Waals surface area contributed by atoms with Crippen molar-refractivity contribution in [2.75, 3.05) is 0 Å². The Bertz CT molecular complexity index is 443. The zero-order valence-electron chi connectivity index (χ0n) is 9.85. The van der Waals surface area contributed by atoms with Gasteiger partial charge in [-0.05, 0) is 18.9 Å². The SMILES string of the molecule is CC(C(=O)OC1(C#N)CCC1)c1ccccc1. The normalized spacial score (nSPS) is 18.6. The number of nitriles is 1. The lowest BCUT2D eigenvalue weighted by molar-refractivity contribution is -0.162. The Morgan fingerprint density at radius 1 is 1.41 bits per heavy atom. The molecule has 0 saturated heterocycles. The van der Waals surface area contributed by atoms with Gasteiger partial charge < -0.3 is 4.74 Å². The summed E-state index contributed by atoms with van der Waals surface area (Å²) in [5.41, 5.74) is 0.0741. The van der Waals surface area contributed by atoms with Gasteiger partial charge in [0.1, 0.15) is 6.07 Å². The number of esters is 1. The minimum atomic E-state index is -0.847. The number of carbonyl (C=O) groups is 1. The van der Waals surface area contributed by atoms with Crippen LogP contribution < -0.4 is 0 Å². The number of hydrogen-bond donors (Lipinski definition) is 0. The van der Waals surface area contributed by atoms with Gasteiger partial charge in [0.2, 0.25) is 0 Å². The van der Waals surface area contributed by atoms with Gasteiger partial charge in [-0.15, -0.1) is 0 Å². The summed E-state index contributed by atoms with van der Waals surface area (Å²) >= 11 is 0. The second-order valence-electron chi connectivity index (χ2n) is 4.51. The number of nitrogens with zero attached hydrogens (tertiary/aromatic N) is 1. The fraction of sp³-hybridized carbons (Fsp3) is 0.429. The minimum absolute atomic E-state index is 0.308. The predicted octanol–water partition coefficient (Wildman–Crippen LogP) is 2.78. The Kier molecular flexibility index (Phi) is 3.14. The monoisotopic (exact) mass is 229 g/mol. The van der Waals surface area contributed by atoms with Crippen LogP contribution in [0.1, 0.15) is 37.7 Å². The van der Waals surface area contributed by atoms with Crippen LogP contribution in [0.3, 0.4) is 0 Å². The average molecular weight is 229 g/mol. The van der Waals surface area contributed by atoms with Crippen molar-refractivity contribution in [1.29, 1.82) is 5.26 Å². The third-order valence-corrected chi connectivity index (χ3v) is 3.31. The molecule has 1 aromatic rings. The molecule has 3 nitrogen and oxygen atoms in total. The molecule has 0 radical (unpaired) electrons. The predicted molar refractivity (Wildman–Crippen MR) is 63.1 cm³/mol. The Morgan fingerprint density at radius 2 is 2.06 bits per heavy atom. The van der Waals surface area contributed by atoms with Crippen molar-refractivity contribution in [2.24, 2.45) is 0 Å². The van der Waals surface area contributed by atoms with Crippen LogP contribution in [-0.4, -0.2) is 11.6 Å². The molecule has 1 atom stereocenters. The van der Waals surface area contributed by atoms with Crippen LogP contribution in [-0.2, 0) is 9.53 Å². The van der Waals surface area contributed by atoms with Crippen molar-refractivity contribution in [3.8, 4) is 6.07 Å². The smallest absolute Gasteiger partial charge is 0.314 e. The van der Waals surface area contributed by atoms with Crippen LogP contribution in [0.4, 0.5) is 0 Å². The molecule has 3 heteroatoms. The van der Waals surface area contributed by atoms with Gasteiger partial charge in [0.05, 0.1) is 5.92 Å². The second kappa shape index (κ2) is 4.58. The topological polar surface area (TPSA) is 50.1 Å². The number of ether oxygens (including phenoxy) is 1. The average Bonchev–Trinajstić information content (AvgIpc) is 2.33. The first-order chi connectivity index (χ1) is 8.17. The van der Waals surface area contributed by atoms with Crippen molar-refractivity contribution < 1.29 is 9.53 Å². The number of hydrogen-bond acceptors (Lipinski definition) is 3. The van der Waals surface area contributed by atoms with E-state index in [2.05, 4.69) is 6.07 Å². The van der Waals surface area contributed by atoms with Gasteiger partial charge in [-0.2, -0.15) is 5.26 Å². The van der Waals surface area contributed by atoms with Gasteiger partial charge in [0.15, 0.2) is 5.60 Å². The highest BCUT2D eigenvalue weighted by Crippen LogP contribution is 2.36. The summed E-state index contributed by atoms with van der Waals surface area (Å²) in [6.07, 6.45) is 2.29. The van der Waals surface area contributed by atoms with E-state index in [0.717, 1.165) is 12.0 Å². The van der Waals surface area contributed by atoms with Crippen LogP contribution in [0.15, 0.2) is 30.3 Å². The van der Waals surface area contributed by atoms with Crippen molar-refractivity contribution in [3.63, 3.8) is 0 Å². The zero-order valence-corrected chi connectivity index (χ0v) is 9.85. The molecule has 0 N–H and O–H groups in total. The number of carbonyl (C=O) groups excluding carboxylic acids is 1. The summed E-state index contributed by atoms with van der Waals surface area (Å²) in [6.45, 7) is 1.81. The molecule has 1 saturated carbocycles. The lowest BCUT2D eigenvalue weighted by atomic mass is 9.81. The number of rotatable bonds is 3. The molecule has 1 aromatic carbocycles. The summed E-state index contributed by atoms with van der Waals surface area (Å²) in [7, 11) is 0. The Morgan fingerprint density at radius 3 is 2.53 bits per heavy atom. The Labute approximate surface area is 101 Å². The first kappa shape index (κ1) is 11.7. The van der Waals surface area contributed by atoms with Gasteiger partial charge >= 0.3 is 5.97 Å². The van der Waals surface area contributed by atoms with E-state index in [-0.39, 0.29) is 11.9 Å². The summed E-state index contributed by atoms with van der Waals surface area (Å²) in [6, 6.07) is 11.6. The molecular weight excluding hydrogens is 214 g/mol. The third-order valence-electron chi connectivity index (χ3n) is 3.31. The van der Waals surface area contributed by atoms with Crippen molar-refractivity contribution in [1.82, 2.24) is 0 Å². The summed E-state index contributed by atoms with van der Waals surface area (Å²) in [5, 5.41) is 9.01. The van der Waals surface area contributed by atoms with E-state index in [1.165, 1.54) is 0 Å². The Hall–Kier alpha value is -1.82. The summed E-state index contributed by atoms with van der Waals surface area (Å²) in [5.74, 6) is -0.625. The lowest BCUT2D eigenvalue weighted by Gasteiger charge is -2.35. The van der Waals surface area contributed by atoms with E-state index in [0.29, 0.717) is 12.8 Å². The third kappa shape index (κ3) is 2.31. The fourth-order valence-electron chi connectivity index (χ4n) is 1.89. The fourth-order valence-corrected chi connectivity index (χ4v) is 1.89. The maximum atomic E-state index is 11.9. The first-order valence-corrected chi connectivity index (χ1v) is 5.86. The lowest BCUT2D eigenvalue weighted by Crippen LogP contribution is -2.41. The molecule has 0 amide bonds. The molecule has 1 aliphatic rings. The minimum Gasteiger partial charge on any atom is -0.443 e. The van der Waals surface area contributed by atoms with E-state index in [4.69, 9.17) is 10.00 Å². The van der Waals surface area contributed by atoms with Crippen molar-refractivity contribution in [3.05, 3.63) is 35.9 Å². The highest BCUT2D eigenvalue weighted by Gasteiger charge is 2.42. The molecule has 1 aliphatic carbocycles. The van der Waals surface area contributed by atoms with Crippen LogP contribution in [0.2, 0.25) is 0 Å². The van der Waals surface area contributed by atoms with E-state index >= 15 is 0 Å². The van der Waals surface area contributed by atoms with Gasteiger partial charge in [0, 0.05) is 12.8 Å². The van der Waals surface area contributed by atoms with Crippen LogP contribution in [0, 0.1) is 11.3 Å². The molecular formula is C14H15NO2. The molecule has 1 unspecified atom stereocenters. The molecule has 0 aromatic heterocycles. The van der Waals surface area contributed by atoms with Gasteiger partial charge in [-0.1, -0.05) is 30.3 Å². The van der Waals surface area contributed by atoms with Crippen molar-refractivity contribution >= 4 is 5.97 Å². The molecule has 1 fully saturated rings. The first-order valence-electron chi connectivity index (χ1n) is 5.86. The van der Waals surface area contributed by atoms with E-state index in [1.807, 2.05) is 30.3 Å².